The Hall–Kier alpha value is -3.02. The third-order valence-electron chi connectivity index (χ3n) is 4.49. The number of aliphatic imine (C=N–C) groups is 1. The van der Waals surface area contributed by atoms with Crippen LogP contribution in [-0.4, -0.2) is 22.6 Å². The highest BCUT2D eigenvalue weighted by atomic mass is 16.2. The molecule has 140 valence electrons. The minimum absolute atomic E-state index is 0.0608. The van der Waals surface area contributed by atoms with Crippen molar-refractivity contribution in [1.29, 1.82) is 0 Å². The number of hydrogen-bond donors (Lipinski definition) is 2. The summed E-state index contributed by atoms with van der Waals surface area (Å²) in [5.41, 5.74) is 3.55. The Morgan fingerprint density at radius 2 is 1.89 bits per heavy atom. The molecule has 1 aromatic carbocycles. The second-order valence-electron chi connectivity index (χ2n) is 7.02. The maximum absolute atomic E-state index is 12.3. The van der Waals surface area contributed by atoms with E-state index in [0.717, 1.165) is 16.7 Å². The van der Waals surface area contributed by atoms with Crippen molar-refractivity contribution in [2.75, 3.05) is 0 Å². The number of aromatic nitrogens is 1. The molecule has 0 radical (unpaired) electrons. The van der Waals surface area contributed by atoms with E-state index in [4.69, 9.17) is 0 Å². The van der Waals surface area contributed by atoms with Crippen molar-refractivity contribution in [2.45, 2.75) is 39.8 Å². The van der Waals surface area contributed by atoms with Gasteiger partial charge in [0.1, 0.15) is 5.84 Å². The molecule has 2 N–H and O–H groups in total. The zero-order valence-corrected chi connectivity index (χ0v) is 15.8. The molecule has 1 atom stereocenters. The summed E-state index contributed by atoms with van der Waals surface area (Å²) in [6, 6.07) is 11.7. The van der Waals surface area contributed by atoms with E-state index in [2.05, 4.69) is 20.6 Å². The number of amidine groups is 1. The summed E-state index contributed by atoms with van der Waals surface area (Å²) in [7, 11) is 0. The molecule has 0 aliphatic carbocycles. The van der Waals surface area contributed by atoms with E-state index >= 15 is 0 Å². The highest BCUT2D eigenvalue weighted by Crippen LogP contribution is 2.19. The minimum Gasteiger partial charge on any atom is -0.349 e. The van der Waals surface area contributed by atoms with Crippen LogP contribution in [0.25, 0.3) is 0 Å². The van der Waals surface area contributed by atoms with E-state index < -0.39 is 0 Å². The molecule has 6 heteroatoms. The molecule has 1 aromatic heterocycles. The lowest BCUT2D eigenvalue weighted by molar-refractivity contribution is -0.122. The molecule has 1 aliphatic rings. The first-order valence-electron chi connectivity index (χ1n) is 9.12. The Bertz CT molecular complexity index is 875. The quantitative estimate of drug-likeness (QED) is 0.855. The van der Waals surface area contributed by atoms with Crippen molar-refractivity contribution in [1.82, 2.24) is 15.6 Å². The molecule has 6 nitrogen and oxygen atoms in total. The fraction of sp³-hybridized carbons (Fsp3) is 0.333. The van der Waals surface area contributed by atoms with Crippen LogP contribution in [0.2, 0.25) is 0 Å². The molecule has 1 aliphatic heterocycles. The average Bonchev–Trinajstić information content (AvgIpc) is 3.04. The smallest absolute Gasteiger partial charge is 0.228 e. The SMILES string of the molecule is CC(C)C(=O)NC1=NCc2cc(CC(=O)N[C@H](C)c3ccccc3)ncc21. The number of nitrogens with one attached hydrogen (secondary N) is 2. The van der Waals surface area contributed by atoms with Gasteiger partial charge in [0, 0.05) is 17.7 Å². The minimum atomic E-state index is -0.112. The van der Waals surface area contributed by atoms with E-state index in [-0.39, 0.29) is 30.2 Å². The van der Waals surface area contributed by atoms with Crippen molar-refractivity contribution < 1.29 is 9.59 Å². The van der Waals surface area contributed by atoms with Crippen molar-refractivity contribution in [3.8, 4) is 0 Å². The maximum Gasteiger partial charge on any atom is 0.228 e. The maximum atomic E-state index is 12.3. The standard InChI is InChI=1S/C21H24N4O2/c1-13(2)21(27)25-20-18-12-22-17(9-16(18)11-23-20)10-19(26)24-14(3)15-7-5-4-6-8-15/h4-9,12-14H,10-11H2,1-3H3,(H,24,26)(H,23,25,27)/t14-/m1/s1. The first-order valence-corrected chi connectivity index (χ1v) is 9.12. The molecule has 0 saturated carbocycles. The first-order chi connectivity index (χ1) is 12.9. The van der Waals surface area contributed by atoms with Gasteiger partial charge in [0.2, 0.25) is 11.8 Å². The molecule has 0 saturated heterocycles. The summed E-state index contributed by atoms with van der Waals surface area (Å²) in [4.78, 5) is 33.0. The van der Waals surface area contributed by atoms with Gasteiger partial charge in [0.25, 0.3) is 0 Å². The van der Waals surface area contributed by atoms with Gasteiger partial charge in [-0.3, -0.25) is 19.6 Å². The van der Waals surface area contributed by atoms with E-state index in [9.17, 15) is 9.59 Å². The van der Waals surface area contributed by atoms with Crippen LogP contribution < -0.4 is 10.6 Å². The van der Waals surface area contributed by atoms with Crippen LogP contribution in [0.4, 0.5) is 0 Å². The highest BCUT2D eigenvalue weighted by Gasteiger charge is 2.20. The molecule has 0 spiro atoms. The van der Waals surface area contributed by atoms with Gasteiger partial charge in [-0.1, -0.05) is 44.2 Å². The van der Waals surface area contributed by atoms with E-state index in [1.165, 1.54) is 0 Å². The Kier molecular flexibility index (Phi) is 5.64. The van der Waals surface area contributed by atoms with E-state index in [0.29, 0.717) is 18.1 Å². The van der Waals surface area contributed by atoms with Crippen LogP contribution in [0, 0.1) is 5.92 Å². The molecule has 27 heavy (non-hydrogen) atoms. The van der Waals surface area contributed by atoms with Gasteiger partial charge in [-0.05, 0) is 24.1 Å². The van der Waals surface area contributed by atoms with Crippen molar-refractivity contribution in [3.63, 3.8) is 0 Å². The number of carbonyl (C=O) groups is 2. The predicted molar refractivity (Wildman–Crippen MR) is 104 cm³/mol. The van der Waals surface area contributed by atoms with Gasteiger partial charge in [-0.25, -0.2) is 0 Å². The molecule has 0 fully saturated rings. The summed E-state index contributed by atoms with van der Waals surface area (Å²) in [5.74, 6) is 0.301. The van der Waals surface area contributed by atoms with Gasteiger partial charge in [0.05, 0.1) is 24.7 Å². The molecule has 0 unspecified atom stereocenters. The number of nitrogens with zero attached hydrogens (tertiary/aromatic N) is 2. The topological polar surface area (TPSA) is 83.5 Å². The number of pyridine rings is 1. The van der Waals surface area contributed by atoms with E-state index in [1.54, 1.807) is 6.20 Å². The largest absolute Gasteiger partial charge is 0.349 e. The van der Waals surface area contributed by atoms with Crippen LogP contribution in [0.1, 0.15) is 49.2 Å². The number of hydrogen-bond acceptors (Lipinski definition) is 4. The lowest BCUT2D eigenvalue weighted by Gasteiger charge is -2.14. The fourth-order valence-corrected chi connectivity index (χ4v) is 2.89. The predicted octanol–water partition coefficient (Wildman–Crippen LogP) is 2.53. The van der Waals surface area contributed by atoms with Gasteiger partial charge in [-0.2, -0.15) is 0 Å². The zero-order chi connectivity index (χ0) is 19.4. The number of amides is 2. The number of benzene rings is 1. The lowest BCUT2D eigenvalue weighted by atomic mass is 10.1. The average molecular weight is 364 g/mol. The normalized spacial score (nSPS) is 13.7. The van der Waals surface area contributed by atoms with Crippen LogP contribution in [-0.2, 0) is 22.6 Å². The second kappa shape index (κ2) is 8.12. The van der Waals surface area contributed by atoms with Gasteiger partial charge < -0.3 is 10.6 Å². The summed E-state index contributed by atoms with van der Waals surface area (Å²) >= 11 is 0. The molecule has 0 bridgehead atoms. The van der Waals surface area contributed by atoms with E-state index in [1.807, 2.05) is 57.2 Å². The Balaban J connectivity index is 1.61. The monoisotopic (exact) mass is 364 g/mol. The van der Waals surface area contributed by atoms with Crippen LogP contribution in [0.3, 0.4) is 0 Å². The molecule has 2 heterocycles. The van der Waals surface area contributed by atoms with Crippen molar-refractivity contribution in [3.05, 3.63) is 65.0 Å². The third kappa shape index (κ3) is 4.58. The Morgan fingerprint density at radius 3 is 2.59 bits per heavy atom. The first kappa shape index (κ1) is 18.8. The molecule has 2 amide bonds. The van der Waals surface area contributed by atoms with Crippen LogP contribution in [0.5, 0.6) is 0 Å². The number of fused-ring (bicyclic) bond motifs is 1. The van der Waals surface area contributed by atoms with Crippen molar-refractivity contribution in [2.24, 2.45) is 10.9 Å². The molecular formula is C21H24N4O2. The number of carbonyl (C=O) groups excluding carboxylic acids is 2. The van der Waals surface area contributed by atoms with Crippen LogP contribution >= 0.6 is 0 Å². The summed E-state index contributed by atoms with van der Waals surface area (Å²) in [6.07, 6.45) is 1.89. The van der Waals surface area contributed by atoms with Gasteiger partial charge in [-0.15, -0.1) is 0 Å². The second-order valence-corrected chi connectivity index (χ2v) is 7.02. The molecule has 3 rings (SSSR count). The fourth-order valence-electron chi connectivity index (χ4n) is 2.89. The summed E-state index contributed by atoms with van der Waals surface area (Å²) in [6.45, 7) is 6.12. The van der Waals surface area contributed by atoms with Crippen molar-refractivity contribution >= 4 is 17.6 Å². The summed E-state index contributed by atoms with van der Waals surface area (Å²) in [5, 5.41) is 5.83. The third-order valence-corrected chi connectivity index (χ3v) is 4.49. The summed E-state index contributed by atoms with van der Waals surface area (Å²) < 4.78 is 0. The highest BCUT2D eigenvalue weighted by molar-refractivity contribution is 6.10. The van der Waals surface area contributed by atoms with Gasteiger partial charge in [0.15, 0.2) is 0 Å². The van der Waals surface area contributed by atoms with Gasteiger partial charge >= 0.3 is 0 Å². The molecule has 2 aromatic rings. The number of rotatable bonds is 5. The molecular weight excluding hydrogens is 340 g/mol. The Labute approximate surface area is 159 Å². The lowest BCUT2D eigenvalue weighted by Crippen LogP contribution is -2.33. The Morgan fingerprint density at radius 1 is 1.15 bits per heavy atom. The van der Waals surface area contributed by atoms with Crippen LogP contribution in [0.15, 0.2) is 47.6 Å². The zero-order valence-electron chi connectivity index (χ0n) is 15.8.